The second-order valence-electron chi connectivity index (χ2n) is 6.76. The number of aromatic nitrogens is 1. The zero-order valence-corrected chi connectivity index (χ0v) is 17.0. The molecule has 0 radical (unpaired) electrons. The third-order valence-corrected chi connectivity index (χ3v) is 5.17. The molecule has 10 heteroatoms. The molecule has 9 nitrogen and oxygen atoms in total. The summed E-state index contributed by atoms with van der Waals surface area (Å²) in [4.78, 5) is 43.6. The first-order valence-corrected chi connectivity index (χ1v) is 10.2. The normalized spacial score (nSPS) is 14.9. The molecule has 0 unspecified atom stereocenters. The van der Waals surface area contributed by atoms with Gasteiger partial charge in [-0.15, -0.1) is 11.3 Å². The van der Waals surface area contributed by atoms with Crippen molar-refractivity contribution in [2.75, 3.05) is 38.0 Å². The number of thiazole rings is 1. The topological polar surface area (TPSA) is 107 Å². The van der Waals surface area contributed by atoms with E-state index in [1.54, 1.807) is 0 Å². The van der Waals surface area contributed by atoms with Gasteiger partial charge >= 0.3 is 0 Å². The minimum atomic E-state index is -0.529. The number of benzene rings is 1. The summed E-state index contributed by atoms with van der Waals surface area (Å²) in [6.07, 6.45) is 0. The van der Waals surface area contributed by atoms with Gasteiger partial charge in [0.2, 0.25) is 5.91 Å². The number of nitrogens with zero attached hydrogens (tertiary/aromatic N) is 3. The van der Waals surface area contributed by atoms with E-state index in [4.69, 9.17) is 0 Å². The Morgan fingerprint density at radius 3 is 2.41 bits per heavy atom. The van der Waals surface area contributed by atoms with E-state index in [2.05, 4.69) is 43.1 Å². The molecule has 3 N–H and O–H groups in total. The smallest absolute Gasteiger partial charge is 0.289 e. The molecular formula is C19H24N6O3S. The Morgan fingerprint density at radius 2 is 1.72 bits per heavy atom. The van der Waals surface area contributed by atoms with Crippen LogP contribution in [0.25, 0.3) is 0 Å². The summed E-state index contributed by atoms with van der Waals surface area (Å²) in [5, 5.41) is 4.36. The first-order chi connectivity index (χ1) is 14.0. The van der Waals surface area contributed by atoms with Crippen LogP contribution < -0.4 is 16.2 Å². The van der Waals surface area contributed by atoms with E-state index >= 15 is 0 Å². The van der Waals surface area contributed by atoms with Crippen molar-refractivity contribution in [3.8, 4) is 0 Å². The van der Waals surface area contributed by atoms with Crippen molar-refractivity contribution < 1.29 is 14.4 Å². The Kier molecular flexibility index (Phi) is 7.28. The predicted molar refractivity (Wildman–Crippen MR) is 110 cm³/mol. The van der Waals surface area contributed by atoms with Crippen molar-refractivity contribution in [3.63, 3.8) is 0 Å². The maximum Gasteiger partial charge on any atom is 0.289 e. The van der Waals surface area contributed by atoms with Gasteiger partial charge in [0, 0.05) is 45.0 Å². The molecule has 0 bridgehead atoms. The van der Waals surface area contributed by atoms with Crippen LogP contribution in [0.5, 0.6) is 0 Å². The van der Waals surface area contributed by atoms with Crippen LogP contribution in [0, 0.1) is 0 Å². The minimum Gasteiger partial charge on any atom is -0.302 e. The molecule has 1 aliphatic rings. The highest BCUT2D eigenvalue weighted by Gasteiger charge is 2.19. The van der Waals surface area contributed by atoms with Crippen LogP contribution in [-0.4, -0.2) is 65.2 Å². The SMILES string of the molecule is CC(=O)Nc1nc(C(=O)NNC(=O)CN2CCN(Cc3ccccc3)CC2)cs1. The number of rotatable bonds is 6. The number of piperazine rings is 1. The Labute approximate surface area is 173 Å². The second-order valence-corrected chi connectivity index (χ2v) is 7.62. The number of hydrazine groups is 1. The summed E-state index contributed by atoms with van der Waals surface area (Å²) < 4.78 is 0. The Morgan fingerprint density at radius 1 is 1.03 bits per heavy atom. The van der Waals surface area contributed by atoms with Crippen LogP contribution in [0.15, 0.2) is 35.7 Å². The van der Waals surface area contributed by atoms with Crippen molar-refractivity contribution in [1.82, 2.24) is 25.6 Å². The van der Waals surface area contributed by atoms with Crippen molar-refractivity contribution in [2.45, 2.75) is 13.5 Å². The van der Waals surface area contributed by atoms with Crippen molar-refractivity contribution >= 4 is 34.2 Å². The van der Waals surface area contributed by atoms with Gasteiger partial charge in [-0.25, -0.2) is 4.98 Å². The van der Waals surface area contributed by atoms with E-state index in [1.807, 2.05) is 18.2 Å². The van der Waals surface area contributed by atoms with E-state index in [9.17, 15) is 14.4 Å². The molecule has 1 fully saturated rings. The zero-order valence-electron chi connectivity index (χ0n) is 16.2. The lowest BCUT2D eigenvalue weighted by atomic mass is 10.2. The molecule has 154 valence electrons. The molecule has 3 rings (SSSR count). The number of carbonyl (C=O) groups excluding carboxylic acids is 3. The van der Waals surface area contributed by atoms with Crippen LogP contribution in [0.2, 0.25) is 0 Å². The summed E-state index contributed by atoms with van der Waals surface area (Å²) >= 11 is 1.14. The average molecular weight is 417 g/mol. The largest absolute Gasteiger partial charge is 0.302 e. The van der Waals surface area contributed by atoms with E-state index in [1.165, 1.54) is 17.9 Å². The maximum atomic E-state index is 12.1. The summed E-state index contributed by atoms with van der Waals surface area (Å²) in [6, 6.07) is 10.3. The van der Waals surface area contributed by atoms with Crippen LogP contribution in [0.3, 0.4) is 0 Å². The number of hydrogen-bond acceptors (Lipinski definition) is 7. The van der Waals surface area contributed by atoms with Crippen LogP contribution in [0.4, 0.5) is 5.13 Å². The van der Waals surface area contributed by atoms with Gasteiger partial charge < -0.3 is 5.32 Å². The van der Waals surface area contributed by atoms with E-state index in [0.29, 0.717) is 5.13 Å². The molecule has 1 saturated heterocycles. The predicted octanol–water partition coefficient (Wildman–Crippen LogP) is 0.680. The van der Waals surface area contributed by atoms with Gasteiger partial charge in [0.25, 0.3) is 11.8 Å². The molecule has 0 saturated carbocycles. The standard InChI is InChI=1S/C19H24N6O3S/c1-14(26)20-19-21-16(13-29-19)18(28)23-22-17(27)12-25-9-7-24(8-10-25)11-15-5-3-2-4-6-15/h2-6,13H,7-12H2,1H3,(H,22,27)(H,23,28)(H,20,21,26). The molecular weight excluding hydrogens is 392 g/mol. The summed E-state index contributed by atoms with van der Waals surface area (Å²) in [7, 11) is 0. The van der Waals surface area contributed by atoms with Gasteiger partial charge in [-0.05, 0) is 5.56 Å². The lowest BCUT2D eigenvalue weighted by molar-refractivity contribution is -0.123. The van der Waals surface area contributed by atoms with Crippen molar-refractivity contribution in [2.24, 2.45) is 0 Å². The quantitative estimate of drug-likeness (QED) is 0.598. The van der Waals surface area contributed by atoms with Gasteiger partial charge in [0.15, 0.2) is 5.13 Å². The Balaban J connectivity index is 1.36. The second kappa shape index (κ2) is 10.1. The fourth-order valence-electron chi connectivity index (χ4n) is 2.97. The van der Waals surface area contributed by atoms with E-state index in [0.717, 1.165) is 44.1 Å². The zero-order chi connectivity index (χ0) is 20.6. The van der Waals surface area contributed by atoms with Gasteiger partial charge in [0.05, 0.1) is 6.54 Å². The van der Waals surface area contributed by atoms with Crippen LogP contribution in [-0.2, 0) is 16.1 Å². The number of anilines is 1. The van der Waals surface area contributed by atoms with Crippen molar-refractivity contribution in [3.05, 3.63) is 47.0 Å². The lowest BCUT2D eigenvalue weighted by Gasteiger charge is -2.34. The Bertz CT molecular complexity index is 849. The lowest BCUT2D eigenvalue weighted by Crippen LogP contribution is -2.51. The number of hydrogen-bond donors (Lipinski definition) is 3. The third-order valence-electron chi connectivity index (χ3n) is 4.42. The van der Waals surface area contributed by atoms with Gasteiger partial charge in [-0.3, -0.25) is 35.0 Å². The highest BCUT2D eigenvalue weighted by molar-refractivity contribution is 7.14. The van der Waals surface area contributed by atoms with Gasteiger partial charge in [0.1, 0.15) is 5.69 Å². The van der Waals surface area contributed by atoms with E-state index in [-0.39, 0.29) is 24.1 Å². The first-order valence-electron chi connectivity index (χ1n) is 9.30. The highest BCUT2D eigenvalue weighted by Crippen LogP contribution is 2.14. The molecule has 0 atom stereocenters. The van der Waals surface area contributed by atoms with Crippen molar-refractivity contribution in [1.29, 1.82) is 0 Å². The molecule has 29 heavy (non-hydrogen) atoms. The highest BCUT2D eigenvalue weighted by atomic mass is 32.1. The monoisotopic (exact) mass is 416 g/mol. The summed E-state index contributed by atoms with van der Waals surface area (Å²) in [5.74, 6) is -1.07. The molecule has 1 aromatic heterocycles. The fraction of sp³-hybridized carbons (Fsp3) is 0.368. The first kappa shape index (κ1) is 20.9. The number of nitrogens with one attached hydrogen (secondary N) is 3. The van der Waals surface area contributed by atoms with Crippen LogP contribution in [0.1, 0.15) is 23.0 Å². The molecule has 0 spiro atoms. The molecule has 2 heterocycles. The minimum absolute atomic E-state index is 0.133. The molecule has 3 amide bonds. The molecule has 0 aliphatic carbocycles. The van der Waals surface area contributed by atoms with E-state index < -0.39 is 5.91 Å². The molecule has 1 aromatic carbocycles. The Hall–Kier alpha value is -2.82. The number of amides is 3. The maximum absolute atomic E-state index is 12.1. The summed E-state index contributed by atoms with van der Waals surface area (Å²) in [6.45, 7) is 5.85. The third kappa shape index (κ3) is 6.63. The molecule has 2 aromatic rings. The average Bonchev–Trinajstić information content (AvgIpc) is 3.16. The van der Waals surface area contributed by atoms with Crippen LogP contribution >= 0.6 is 11.3 Å². The summed E-state index contributed by atoms with van der Waals surface area (Å²) in [5.41, 5.74) is 6.18. The van der Waals surface area contributed by atoms with Gasteiger partial charge in [-0.1, -0.05) is 30.3 Å². The van der Waals surface area contributed by atoms with Gasteiger partial charge in [-0.2, -0.15) is 0 Å². The fourth-order valence-corrected chi connectivity index (χ4v) is 3.70. The molecule has 1 aliphatic heterocycles. The number of carbonyl (C=O) groups is 3.